The minimum atomic E-state index is -0.531. The standard InChI is InChI=1S/C20H18N2O5/c23-18-7-3-1-5-14(18)12-21(17-6-2-4-8-20(17)25)13-15-11-16(22(26)27)9-10-19(15)24/h1-11,23-25H,12-13H2. The van der Waals surface area contributed by atoms with Crippen molar-refractivity contribution in [3.05, 3.63) is 88.0 Å². The molecule has 27 heavy (non-hydrogen) atoms. The SMILES string of the molecule is O=[N+]([O-])c1ccc(O)c(CN(Cc2ccccc2O)c2ccccc2O)c1. The normalized spacial score (nSPS) is 10.5. The summed E-state index contributed by atoms with van der Waals surface area (Å²) in [4.78, 5) is 12.2. The van der Waals surface area contributed by atoms with Gasteiger partial charge in [0, 0.05) is 36.3 Å². The van der Waals surface area contributed by atoms with Crippen molar-refractivity contribution >= 4 is 11.4 Å². The van der Waals surface area contributed by atoms with Gasteiger partial charge in [-0.15, -0.1) is 0 Å². The first-order valence-corrected chi connectivity index (χ1v) is 8.22. The van der Waals surface area contributed by atoms with Crippen molar-refractivity contribution in [2.24, 2.45) is 0 Å². The first-order valence-electron chi connectivity index (χ1n) is 8.22. The van der Waals surface area contributed by atoms with Gasteiger partial charge in [-0.2, -0.15) is 0 Å². The Balaban J connectivity index is 2.00. The van der Waals surface area contributed by atoms with Crippen molar-refractivity contribution in [2.45, 2.75) is 13.1 Å². The second kappa shape index (κ2) is 7.65. The predicted octanol–water partition coefficient (Wildman–Crippen LogP) is 3.92. The summed E-state index contributed by atoms with van der Waals surface area (Å²) in [6, 6.07) is 17.2. The van der Waals surface area contributed by atoms with Gasteiger partial charge in [-0.05, 0) is 24.3 Å². The van der Waals surface area contributed by atoms with E-state index >= 15 is 0 Å². The number of non-ortho nitro benzene ring substituents is 1. The van der Waals surface area contributed by atoms with Crippen LogP contribution >= 0.6 is 0 Å². The Labute approximate surface area is 155 Å². The number of hydrogen-bond donors (Lipinski definition) is 3. The number of nitro groups is 1. The lowest BCUT2D eigenvalue weighted by Gasteiger charge is -2.26. The van der Waals surface area contributed by atoms with Gasteiger partial charge in [-0.1, -0.05) is 30.3 Å². The van der Waals surface area contributed by atoms with Gasteiger partial charge in [-0.25, -0.2) is 0 Å². The summed E-state index contributed by atoms with van der Waals surface area (Å²) in [5, 5.41) is 41.5. The largest absolute Gasteiger partial charge is 0.508 e. The van der Waals surface area contributed by atoms with Crippen molar-refractivity contribution in [2.75, 3.05) is 4.90 Å². The molecule has 3 rings (SSSR count). The van der Waals surface area contributed by atoms with Gasteiger partial charge >= 0.3 is 0 Å². The molecule has 0 aliphatic carbocycles. The average Bonchev–Trinajstić information content (AvgIpc) is 2.65. The van der Waals surface area contributed by atoms with E-state index in [-0.39, 0.29) is 36.0 Å². The van der Waals surface area contributed by atoms with Crippen molar-refractivity contribution in [1.29, 1.82) is 0 Å². The number of phenolic OH excluding ortho intramolecular Hbond substituents is 3. The molecule has 0 fully saturated rings. The van der Waals surface area contributed by atoms with Crippen molar-refractivity contribution in [3.8, 4) is 17.2 Å². The molecule has 7 heteroatoms. The molecule has 138 valence electrons. The van der Waals surface area contributed by atoms with E-state index < -0.39 is 4.92 Å². The van der Waals surface area contributed by atoms with Gasteiger partial charge in [0.25, 0.3) is 5.69 Å². The average molecular weight is 366 g/mol. The number of phenols is 3. The molecule has 0 aliphatic heterocycles. The fourth-order valence-corrected chi connectivity index (χ4v) is 2.83. The van der Waals surface area contributed by atoms with Gasteiger partial charge in [0.1, 0.15) is 17.2 Å². The van der Waals surface area contributed by atoms with E-state index in [9.17, 15) is 25.4 Å². The molecule has 3 aromatic carbocycles. The summed E-state index contributed by atoms with van der Waals surface area (Å²) in [5.41, 5.74) is 1.29. The molecule has 0 saturated carbocycles. The van der Waals surface area contributed by atoms with Gasteiger partial charge in [0.05, 0.1) is 10.6 Å². The Bertz CT molecular complexity index is 974. The van der Waals surface area contributed by atoms with Crippen LogP contribution in [-0.4, -0.2) is 20.2 Å². The van der Waals surface area contributed by atoms with Gasteiger partial charge in [0.15, 0.2) is 0 Å². The zero-order valence-electron chi connectivity index (χ0n) is 14.3. The lowest BCUT2D eigenvalue weighted by atomic mass is 10.1. The summed E-state index contributed by atoms with van der Waals surface area (Å²) >= 11 is 0. The van der Waals surface area contributed by atoms with E-state index in [0.29, 0.717) is 16.8 Å². The Hall–Kier alpha value is -3.74. The molecule has 0 bridgehead atoms. The van der Waals surface area contributed by atoms with Crippen LogP contribution in [0.25, 0.3) is 0 Å². The Morgan fingerprint density at radius 2 is 1.37 bits per heavy atom. The molecule has 3 aromatic rings. The van der Waals surface area contributed by atoms with E-state index in [0.717, 1.165) is 0 Å². The number of nitro benzene ring substituents is 1. The third-order valence-corrected chi connectivity index (χ3v) is 4.21. The minimum Gasteiger partial charge on any atom is -0.508 e. The maximum Gasteiger partial charge on any atom is 0.270 e. The Morgan fingerprint density at radius 3 is 2.04 bits per heavy atom. The number of aromatic hydroxyl groups is 3. The van der Waals surface area contributed by atoms with E-state index in [1.54, 1.807) is 47.4 Å². The quantitative estimate of drug-likeness (QED) is 0.451. The van der Waals surface area contributed by atoms with E-state index in [4.69, 9.17) is 0 Å². The van der Waals surface area contributed by atoms with E-state index in [1.807, 2.05) is 0 Å². The molecular weight excluding hydrogens is 348 g/mol. The molecule has 0 saturated heterocycles. The Kier molecular flexibility index (Phi) is 5.12. The molecule has 0 unspecified atom stereocenters. The third-order valence-electron chi connectivity index (χ3n) is 4.21. The van der Waals surface area contributed by atoms with Crippen LogP contribution in [0.5, 0.6) is 17.2 Å². The molecule has 0 heterocycles. The molecule has 0 atom stereocenters. The minimum absolute atomic E-state index is 0.0258. The molecule has 3 N–H and O–H groups in total. The second-order valence-corrected chi connectivity index (χ2v) is 6.04. The molecule has 0 aliphatic rings. The highest BCUT2D eigenvalue weighted by Crippen LogP contribution is 2.33. The van der Waals surface area contributed by atoms with E-state index in [2.05, 4.69) is 0 Å². The zero-order valence-corrected chi connectivity index (χ0v) is 14.3. The van der Waals surface area contributed by atoms with Crippen LogP contribution in [-0.2, 0) is 13.1 Å². The van der Waals surface area contributed by atoms with Gasteiger partial charge < -0.3 is 20.2 Å². The fourth-order valence-electron chi connectivity index (χ4n) is 2.83. The van der Waals surface area contributed by atoms with Crippen LogP contribution in [0.3, 0.4) is 0 Å². The zero-order chi connectivity index (χ0) is 19.4. The number of benzene rings is 3. The van der Waals surface area contributed by atoms with Crippen LogP contribution in [0.15, 0.2) is 66.7 Å². The monoisotopic (exact) mass is 366 g/mol. The Morgan fingerprint density at radius 1 is 0.778 bits per heavy atom. The molecule has 0 spiro atoms. The third kappa shape index (κ3) is 4.09. The number of nitrogens with zero attached hydrogens (tertiary/aromatic N) is 2. The van der Waals surface area contributed by atoms with Crippen LogP contribution in [0.2, 0.25) is 0 Å². The molecular formula is C20H18N2O5. The number of rotatable bonds is 6. The number of hydrogen-bond acceptors (Lipinski definition) is 6. The summed E-state index contributed by atoms with van der Waals surface area (Å²) in [6.07, 6.45) is 0. The van der Waals surface area contributed by atoms with E-state index in [1.165, 1.54) is 24.3 Å². The van der Waals surface area contributed by atoms with Crippen molar-refractivity contribution < 1.29 is 20.2 Å². The molecule has 0 amide bonds. The number of para-hydroxylation sites is 3. The lowest BCUT2D eigenvalue weighted by Crippen LogP contribution is -2.22. The summed E-state index contributed by atoms with van der Waals surface area (Å²) in [7, 11) is 0. The lowest BCUT2D eigenvalue weighted by molar-refractivity contribution is -0.384. The van der Waals surface area contributed by atoms with Crippen LogP contribution < -0.4 is 4.90 Å². The maximum atomic E-state index is 11.0. The summed E-state index contributed by atoms with van der Waals surface area (Å²) in [6.45, 7) is 0.325. The summed E-state index contributed by atoms with van der Waals surface area (Å²) in [5.74, 6) is 0.0392. The van der Waals surface area contributed by atoms with Crippen LogP contribution in [0.4, 0.5) is 11.4 Å². The molecule has 0 aromatic heterocycles. The molecule has 7 nitrogen and oxygen atoms in total. The highest BCUT2D eigenvalue weighted by Gasteiger charge is 2.18. The summed E-state index contributed by atoms with van der Waals surface area (Å²) < 4.78 is 0. The van der Waals surface area contributed by atoms with Gasteiger partial charge in [0.2, 0.25) is 0 Å². The predicted molar refractivity (Wildman–Crippen MR) is 101 cm³/mol. The highest BCUT2D eigenvalue weighted by atomic mass is 16.6. The van der Waals surface area contributed by atoms with Crippen LogP contribution in [0, 0.1) is 10.1 Å². The fraction of sp³-hybridized carbons (Fsp3) is 0.100. The van der Waals surface area contributed by atoms with Gasteiger partial charge in [-0.3, -0.25) is 10.1 Å². The van der Waals surface area contributed by atoms with Crippen molar-refractivity contribution in [1.82, 2.24) is 0 Å². The highest BCUT2D eigenvalue weighted by molar-refractivity contribution is 5.59. The van der Waals surface area contributed by atoms with Crippen molar-refractivity contribution in [3.63, 3.8) is 0 Å². The first kappa shape index (κ1) is 18.1. The second-order valence-electron chi connectivity index (χ2n) is 6.04. The maximum absolute atomic E-state index is 11.0. The smallest absolute Gasteiger partial charge is 0.270 e. The van der Waals surface area contributed by atoms with Crippen LogP contribution in [0.1, 0.15) is 11.1 Å². The first-order chi connectivity index (χ1) is 13.0. The molecule has 0 radical (unpaired) electrons. The number of anilines is 1. The topological polar surface area (TPSA) is 107 Å².